The van der Waals surface area contributed by atoms with Gasteiger partial charge in [0.25, 0.3) is 5.69 Å². The molecule has 5 heteroatoms. The van der Waals surface area contributed by atoms with Crippen LogP contribution in [0.4, 0.5) is 5.69 Å². The summed E-state index contributed by atoms with van der Waals surface area (Å²) < 4.78 is 0. The van der Waals surface area contributed by atoms with E-state index in [0.29, 0.717) is 0 Å². The van der Waals surface area contributed by atoms with Crippen molar-refractivity contribution in [3.05, 3.63) is 70.3 Å². The summed E-state index contributed by atoms with van der Waals surface area (Å²) in [5.74, 6) is 0. The molecule has 21 heavy (non-hydrogen) atoms. The van der Waals surface area contributed by atoms with Crippen molar-refractivity contribution in [3.63, 3.8) is 0 Å². The van der Waals surface area contributed by atoms with E-state index in [1.165, 1.54) is 12.1 Å². The van der Waals surface area contributed by atoms with Crippen LogP contribution in [0.25, 0.3) is 22.2 Å². The summed E-state index contributed by atoms with van der Waals surface area (Å²) in [5.41, 5.74) is 3.87. The number of pyridine rings is 1. The Balaban J connectivity index is 0.00000161. The predicted octanol–water partition coefficient (Wildman–Crippen LogP) is 1.12. The van der Waals surface area contributed by atoms with Gasteiger partial charge in [-0.05, 0) is 36.8 Å². The minimum atomic E-state index is -0.400. The maximum absolute atomic E-state index is 10.7. The van der Waals surface area contributed by atoms with E-state index in [2.05, 4.69) is 4.98 Å². The van der Waals surface area contributed by atoms with Crippen LogP contribution in [0.5, 0.6) is 0 Å². The summed E-state index contributed by atoms with van der Waals surface area (Å²) in [4.78, 5) is 14.9. The molecule has 0 saturated heterocycles. The first-order chi connectivity index (χ1) is 9.65. The number of fused-ring (bicyclic) bond motifs is 1. The van der Waals surface area contributed by atoms with Gasteiger partial charge in [-0.3, -0.25) is 10.1 Å². The van der Waals surface area contributed by atoms with Crippen molar-refractivity contribution < 1.29 is 17.3 Å². The molecule has 4 nitrogen and oxygen atoms in total. The highest BCUT2D eigenvalue weighted by molar-refractivity contribution is 5.84. The summed E-state index contributed by atoms with van der Waals surface area (Å²) in [6, 6.07) is 16.4. The largest absolute Gasteiger partial charge is 1.00 e. The van der Waals surface area contributed by atoms with Crippen molar-refractivity contribution in [1.82, 2.24) is 4.98 Å². The number of hydrogen-bond donors (Lipinski definition) is 0. The molecule has 1 heterocycles. The molecule has 0 radical (unpaired) electrons. The number of hydrogen-bond acceptors (Lipinski definition) is 3. The van der Waals surface area contributed by atoms with E-state index in [0.717, 1.165) is 27.7 Å². The molecule has 106 valence electrons. The number of non-ortho nitro benzene ring substituents is 1. The molecule has 0 aliphatic rings. The van der Waals surface area contributed by atoms with Gasteiger partial charge >= 0.3 is 0 Å². The SMILES string of the molecule is Cc1cc(-c2ccc([N+](=O)[O-])cc2)nc2ccccc12.[Cl-]. The summed E-state index contributed by atoms with van der Waals surface area (Å²) in [6.45, 7) is 2.04. The molecule has 0 saturated carbocycles. The van der Waals surface area contributed by atoms with Gasteiger partial charge in [0, 0.05) is 23.1 Å². The van der Waals surface area contributed by atoms with E-state index in [-0.39, 0.29) is 18.1 Å². The molecule has 0 N–H and O–H groups in total. The highest BCUT2D eigenvalue weighted by Gasteiger charge is 2.08. The number of nitro groups is 1. The second-order valence-electron chi connectivity index (χ2n) is 4.65. The molecule has 0 spiro atoms. The Morgan fingerprint density at radius 1 is 1.05 bits per heavy atom. The average molecular weight is 300 g/mol. The van der Waals surface area contributed by atoms with Crippen molar-refractivity contribution in [2.24, 2.45) is 0 Å². The Labute approximate surface area is 128 Å². The monoisotopic (exact) mass is 299 g/mol. The van der Waals surface area contributed by atoms with Crippen molar-refractivity contribution in [3.8, 4) is 11.3 Å². The van der Waals surface area contributed by atoms with Crippen LogP contribution in [0, 0.1) is 17.0 Å². The van der Waals surface area contributed by atoms with Gasteiger partial charge in [-0.2, -0.15) is 0 Å². The molecule has 0 amide bonds. The van der Waals surface area contributed by atoms with Gasteiger partial charge in [0.15, 0.2) is 0 Å². The highest BCUT2D eigenvalue weighted by atomic mass is 35.5. The van der Waals surface area contributed by atoms with Gasteiger partial charge in [-0.25, -0.2) is 4.98 Å². The quantitative estimate of drug-likeness (QED) is 0.526. The fourth-order valence-electron chi connectivity index (χ4n) is 2.25. The predicted molar refractivity (Wildman–Crippen MR) is 78.6 cm³/mol. The van der Waals surface area contributed by atoms with Gasteiger partial charge in [-0.1, -0.05) is 18.2 Å². The van der Waals surface area contributed by atoms with Crippen molar-refractivity contribution in [2.75, 3.05) is 0 Å². The Morgan fingerprint density at radius 3 is 2.38 bits per heavy atom. The molecule has 0 aliphatic heterocycles. The Morgan fingerprint density at radius 2 is 1.71 bits per heavy atom. The molecule has 3 aromatic rings. The maximum Gasteiger partial charge on any atom is 0.269 e. The molecule has 2 aromatic carbocycles. The zero-order chi connectivity index (χ0) is 14.1. The topological polar surface area (TPSA) is 56.0 Å². The molecule has 0 atom stereocenters. The third kappa shape index (κ3) is 2.85. The van der Waals surface area contributed by atoms with Gasteiger partial charge in [-0.15, -0.1) is 0 Å². The van der Waals surface area contributed by atoms with E-state index >= 15 is 0 Å². The number of para-hydroxylation sites is 1. The lowest BCUT2D eigenvalue weighted by Crippen LogP contribution is -3.00. The van der Waals surface area contributed by atoms with Crippen molar-refractivity contribution in [1.29, 1.82) is 0 Å². The van der Waals surface area contributed by atoms with Gasteiger partial charge in [0.1, 0.15) is 0 Å². The standard InChI is InChI=1S/C16H12N2O2.ClH/c1-11-10-16(17-15-5-3-2-4-14(11)15)12-6-8-13(9-7-12)18(19)20;/h2-10H,1H3;1H/p-1. The third-order valence-electron chi connectivity index (χ3n) is 3.30. The van der Waals surface area contributed by atoms with Crippen LogP contribution in [0.1, 0.15) is 5.56 Å². The number of nitrogens with zero attached hydrogens (tertiary/aromatic N) is 2. The fraction of sp³-hybridized carbons (Fsp3) is 0.0625. The van der Waals surface area contributed by atoms with Crippen LogP contribution < -0.4 is 12.4 Å². The molecule has 1 aromatic heterocycles. The van der Waals surface area contributed by atoms with Gasteiger partial charge < -0.3 is 12.4 Å². The van der Waals surface area contributed by atoms with Gasteiger partial charge in [0.2, 0.25) is 0 Å². The number of halogens is 1. The zero-order valence-corrected chi connectivity index (χ0v) is 12.0. The summed E-state index contributed by atoms with van der Waals surface area (Å²) >= 11 is 0. The fourth-order valence-corrected chi connectivity index (χ4v) is 2.25. The van der Waals surface area contributed by atoms with Crippen LogP contribution in [-0.4, -0.2) is 9.91 Å². The van der Waals surface area contributed by atoms with E-state index in [9.17, 15) is 10.1 Å². The summed E-state index contributed by atoms with van der Waals surface area (Å²) in [6.07, 6.45) is 0. The molecule has 0 fully saturated rings. The molecule has 3 rings (SSSR count). The summed E-state index contributed by atoms with van der Waals surface area (Å²) in [7, 11) is 0. The smallest absolute Gasteiger partial charge is 0.269 e. The first-order valence-corrected chi connectivity index (χ1v) is 6.26. The van der Waals surface area contributed by atoms with Crippen LogP contribution >= 0.6 is 0 Å². The molecule has 0 bridgehead atoms. The minimum absolute atomic E-state index is 0. The number of rotatable bonds is 2. The number of nitro benzene ring substituents is 1. The maximum atomic E-state index is 10.7. The van der Waals surface area contributed by atoms with Crippen LogP contribution in [-0.2, 0) is 0 Å². The molecular weight excluding hydrogens is 288 g/mol. The number of aromatic nitrogens is 1. The lowest BCUT2D eigenvalue weighted by molar-refractivity contribution is -0.384. The van der Waals surface area contributed by atoms with E-state index in [1.807, 2.05) is 37.3 Å². The highest BCUT2D eigenvalue weighted by Crippen LogP contribution is 2.25. The van der Waals surface area contributed by atoms with Crippen LogP contribution in [0.3, 0.4) is 0 Å². The lowest BCUT2D eigenvalue weighted by Gasteiger charge is -2.06. The van der Waals surface area contributed by atoms with E-state index < -0.39 is 4.92 Å². The Kier molecular flexibility index (Phi) is 4.19. The second kappa shape index (κ2) is 5.89. The normalized spacial score (nSPS) is 10.1. The van der Waals surface area contributed by atoms with Gasteiger partial charge in [0.05, 0.1) is 16.1 Å². The summed E-state index contributed by atoms with van der Waals surface area (Å²) in [5, 5.41) is 11.8. The van der Waals surface area contributed by atoms with Crippen molar-refractivity contribution >= 4 is 16.6 Å². The zero-order valence-electron chi connectivity index (χ0n) is 11.3. The molecule has 0 aliphatic carbocycles. The Bertz CT molecular complexity index is 801. The number of benzene rings is 2. The van der Waals surface area contributed by atoms with E-state index in [1.54, 1.807) is 12.1 Å². The van der Waals surface area contributed by atoms with Crippen molar-refractivity contribution in [2.45, 2.75) is 6.92 Å². The van der Waals surface area contributed by atoms with E-state index in [4.69, 9.17) is 0 Å². The minimum Gasteiger partial charge on any atom is -1.00 e. The lowest BCUT2D eigenvalue weighted by atomic mass is 10.1. The molecule has 0 unspecified atom stereocenters. The Hall–Kier alpha value is -2.46. The average Bonchev–Trinajstić information content (AvgIpc) is 2.47. The first kappa shape index (κ1) is 14.9. The number of aryl methyl sites for hydroxylation is 1. The van der Waals surface area contributed by atoms with Crippen LogP contribution in [0.15, 0.2) is 54.6 Å². The second-order valence-corrected chi connectivity index (χ2v) is 4.65. The van der Waals surface area contributed by atoms with Crippen LogP contribution in [0.2, 0.25) is 0 Å². The third-order valence-corrected chi connectivity index (χ3v) is 3.30. The molecular formula is C16H12ClN2O2-. The first-order valence-electron chi connectivity index (χ1n) is 6.26.